The van der Waals surface area contributed by atoms with Gasteiger partial charge in [0.05, 0.1) is 7.11 Å². The van der Waals surface area contributed by atoms with E-state index in [0.717, 1.165) is 11.1 Å². The largest absolute Gasteiger partial charge is 0.504 e. The SMILES string of the molecule is COc1cc(C[C@H](C(=O)Nc2cccc(C)c2)c2nn[nH]n2)ccc1O. The maximum Gasteiger partial charge on any atom is 0.235 e. The van der Waals surface area contributed by atoms with Gasteiger partial charge < -0.3 is 15.2 Å². The van der Waals surface area contributed by atoms with E-state index in [1.807, 2.05) is 31.2 Å². The predicted molar refractivity (Wildman–Crippen MR) is 95.1 cm³/mol. The molecule has 3 aromatic rings. The van der Waals surface area contributed by atoms with E-state index >= 15 is 0 Å². The van der Waals surface area contributed by atoms with Crippen molar-refractivity contribution < 1.29 is 14.6 Å². The average molecular weight is 353 g/mol. The lowest BCUT2D eigenvalue weighted by Crippen LogP contribution is -2.24. The second kappa shape index (κ2) is 7.64. The molecule has 2 aromatic carbocycles. The van der Waals surface area contributed by atoms with E-state index in [2.05, 4.69) is 25.9 Å². The van der Waals surface area contributed by atoms with Gasteiger partial charge in [-0.3, -0.25) is 4.79 Å². The van der Waals surface area contributed by atoms with Crippen LogP contribution in [0.1, 0.15) is 22.9 Å². The number of anilines is 1. The van der Waals surface area contributed by atoms with Crippen molar-refractivity contribution in [3.63, 3.8) is 0 Å². The van der Waals surface area contributed by atoms with Gasteiger partial charge in [0, 0.05) is 5.69 Å². The van der Waals surface area contributed by atoms with Crippen LogP contribution < -0.4 is 10.1 Å². The zero-order chi connectivity index (χ0) is 18.5. The molecule has 26 heavy (non-hydrogen) atoms. The number of nitrogens with zero attached hydrogens (tertiary/aromatic N) is 3. The Morgan fingerprint density at radius 2 is 2.15 bits per heavy atom. The molecule has 0 spiro atoms. The van der Waals surface area contributed by atoms with Crippen LogP contribution in [0, 0.1) is 6.92 Å². The Morgan fingerprint density at radius 1 is 1.31 bits per heavy atom. The fourth-order valence-electron chi connectivity index (χ4n) is 2.66. The zero-order valence-corrected chi connectivity index (χ0v) is 14.4. The first-order valence-electron chi connectivity index (χ1n) is 8.03. The number of carbonyl (C=O) groups is 1. The number of aromatic hydroxyl groups is 1. The van der Waals surface area contributed by atoms with Crippen molar-refractivity contribution >= 4 is 11.6 Å². The average Bonchev–Trinajstić information content (AvgIpc) is 3.15. The maximum atomic E-state index is 12.8. The summed E-state index contributed by atoms with van der Waals surface area (Å²) in [6.45, 7) is 1.95. The van der Waals surface area contributed by atoms with Gasteiger partial charge in [0.25, 0.3) is 0 Å². The van der Waals surface area contributed by atoms with Crippen LogP contribution in [0.15, 0.2) is 42.5 Å². The van der Waals surface area contributed by atoms with Crippen molar-refractivity contribution in [2.24, 2.45) is 0 Å². The fourth-order valence-corrected chi connectivity index (χ4v) is 2.66. The van der Waals surface area contributed by atoms with Gasteiger partial charge in [-0.05, 0) is 48.7 Å². The third-order valence-corrected chi connectivity index (χ3v) is 3.96. The van der Waals surface area contributed by atoms with E-state index in [1.165, 1.54) is 13.2 Å². The molecule has 1 aromatic heterocycles. The van der Waals surface area contributed by atoms with Crippen LogP contribution in [0.5, 0.6) is 11.5 Å². The number of rotatable bonds is 6. The minimum Gasteiger partial charge on any atom is -0.504 e. The third-order valence-electron chi connectivity index (χ3n) is 3.96. The monoisotopic (exact) mass is 353 g/mol. The van der Waals surface area contributed by atoms with Gasteiger partial charge in [-0.25, -0.2) is 0 Å². The number of H-pyrrole nitrogens is 1. The number of methoxy groups -OCH3 is 1. The van der Waals surface area contributed by atoms with Crippen LogP contribution in [-0.2, 0) is 11.2 Å². The molecule has 1 atom stereocenters. The van der Waals surface area contributed by atoms with Gasteiger partial charge >= 0.3 is 0 Å². The molecule has 0 fully saturated rings. The summed E-state index contributed by atoms with van der Waals surface area (Å²) in [6.07, 6.45) is 0.327. The van der Waals surface area contributed by atoms with E-state index in [4.69, 9.17) is 4.74 Å². The second-order valence-corrected chi connectivity index (χ2v) is 5.89. The lowest BCUT2D eigenvalue weighted by molar-refractivity contribution is -0.117. The molecule has 1 heterocycles. The molecule has 0 saturated heterocycles. The number of aromatic amines is 1. The fraction of sp³-hybridized carbons (Fsp3) is 0.222. The standard InChI is InChI=1S/C18H19N5O3/c1-11-4-3-5-13(8-11)19-18(25)14(17-20-22-23-21-17)9-12-6-7-15(24)16(10-12)26-2/h3-8,10,14,24H,9H2,1-2H3,(H,19,25)(H,20,21,22,23)/t14-/m0/s1. The Hall–Kier alpha value is -3.42. The molecule has 0 aliphatic heterocycles. The van der Waals surface area contributed by atoms with E-state index in [9.17, 15) is 9.90 Å². The number of phenolic OH excluding ortho intramolecular Hbond substituents is 1. The molecule has 0 aliphatic rings. The topological polar surface area (TPSA) is 113 Å². The molecular formula is C18H19N5O3. The molecule has 1 amide bonds. The summed E-state index contributed by atoms with van der Waals surface area (Å²) < 4.78 is 5.13. The van der Waals surface area contributed by atoms with E-state index in [-0.39, 0.29) is 11.7 Å². The molecule has 0 bridgehead atoms. The predicted octanol–water partition coefficient (Wildman–Crippen LogP) is 2.19. The van der Waals surface area contributed by atoms with Crippen LogP contribution in [0.4, 0.5) is 5.69 Å². The summed E-state index contributed by atoms with van der Waals surface area (Å²) in [5.41, 5.74) is 2.54. The Balaban J connectivity index is 1.85. The molecule has 134 valence electrons. The van der Waals surface area contributed by atoms with Crippen molar-refractivity contribution in [1.29, 1.82) is 0 Å². The molecular weight excluding hydrogens is 334 g/mol. The van der Waals surface area contributed by atoms with Gasteiger partial charge in [0.15, 0.2) is 17.3 Å². The minimum atomic E-state index is -0.650. The first-order valence-corrected chi connectivity index (χ1v) is 8.03. The van der Waals surface area contributed by atoms with Crippen molar-refractivity contribution in [1.82, 2.24) is 20.6 Å². The van der Waals surface area contributed by atoms with E-state index in [1.54, 1.807) is 12.1 Å². The second-order valence-electron chi connectivity index (χ2n) is 5.89. The highest BCUT2D eigenvalue weighted by molar-refractivity contribution is 5.95. The number of phenols is 1. The lowest BCUT2D eigenvalue weighted by Gasteiger charge is -2.15. The van der Waals surface area contributed by atoms with Crippen LogP contribution in [-0.4, -0.2) is 38.7 Å². The highest BCUT2D eigenvalue weighted by Crippen LogP contribution is 2.29. The Labute approximate surface area is 150 Å². The first kappa shape index (κ1) is 17.4. The number of benzene rings is 2. The van der Waals surface area contributed by atoms with Gasteiger partial charge in [0.2, 0.25) is 5.91 Å². The number of tetrazole rings is 1. The Morgan fingerprint density at radius 3 is 2.85 bits per heavy atom. The number of aryl methyl sites for hydroxylation is 1. The zero-order valence-electron chi connectivity index (χ0n) is 14.4. The number of hydrogen-bond acceptors (Lipinski definition) is 6. The Kier molecular flexibility index (Phi) is 5.12. The molecule has 0 aliphatic carbocycles. The van der Waals surface area contributed by atoms with Crippen LogP contribution in [0.25, 0.3) is 0 Å². The van der Waals surface area contributed by atoms with Gasteiger partial charge in [-0.15, -0.1) is 10.2 Å². The number of ether oxygens (including phenoxy) is 1. The molecule has 0 unspecified atom stereocenters. The summed E-state index contributed by atoms with van der Waals surface area (Å²) in [6, 6.07) is 12.5. The molecule has 3 N–H and O–H groups in total. The number of carbonyl (C=O) groups excluding carboxylic acids is 1. The summed E-state index contributed by atoms with van der Waals surface area (Å²) in [7, 11) is 1.47. The number of hydrogen-bond donors (Lipinski definition) is 3. The van der Waals surface area contributed by atoms with E-state index < -0.39 is 5.92 Å². The lowest BCUT2D eigenvalue weighted by atomic mass is 9.97. The summed E-state index contributed by atoms with van der Waals surface area (Å²) in [4.78, 5) is 12.8. The first-order chi connectivity index (χ1) is 12.6. The summed E-state index contributed by atoms with van der Waals surface area (Å²) >= 11 is 0. The quantitative estimate of drug-likeness (QED) is 0.626. The van der Waals surface area contributed by atoms with Crippen molar-refractivity contribution in [2.45, 2.75) is 19.3 Å². The number of amides is 1. The van der Waals surface area contributed by atoms with Gasteiger partial charge in [-0.2, -0.15) is 5.21 Å². The van der Waals surface area contributed by atoms with E-state index in [0.29, 0.717) is 23.7 Å². The van der Waals surface area contributed by atoms with Gasteiger partial charge in [-0.1, -0.05) is 23.4 Å². The van der Waals surface area contributed by atoms with Crippen molar-refractivity contribution in [2.75, 3.05) is 12.4 Å². The number of nitrogens with one attached hydrogen (secondary N) is 2. The van der Waals surface area contributed by atoms with Crippen LogP contribution >= 0.6 is 0 Å². The van der Waals surface area contributed by atoms with Crippen molar-refractivity contribution in [3.8, 4) is 11.5 Å². The number of aromatic nitrogens is 4. The highest BCUT2D eigenvalue weighted by Gasteiger charge is 2.26. The molecule has 0 radical (unpaired) electrons. The molecule has 8 heteroatoms. The summed E-state index contributed by atoms with van der Waals surface area (Å²) in [5.74, 6) is -0.222. The highest BCUT2D eigenvalue weighted by atomic mass is 16.5. The molecule has 0 saturated carbocycles. The maximum absolute atomic E-state index is 12.8. The molecule has 3 rings (SSSR count). The van der Waals surface area contributed by atoms with Gasteiger partial charge in [0.1, 0.15) is 5.92 Å². The van der Waals surface area contributed by atoms with Crippen LogP contribution in [0.3, 0.4) is 0 Å². The smallest absolute Gasteiger partial charge is 0.235 e. The Bertz CT molecular complexity index is 896. The van der Waals surface area contributed by atoms with Crippen molar-refractivity contribution in [3.05, 3.63) is 59.4 Å². The third kappa shape index (κ3) is 3.97. The normalized spacial score (nSPS) is 11.8. The summed E-state index contributed by atoms with van der Waals surface area (Å²) in [5, 5.41) is 26.5. The molecule has 8 nitrogen and oxygen atoms in total. The minimum absolute atomic E-state index is 0.0385. The van der Waals surface area contributed by atoms with Crippen LogP contribution in [0.2, 0.25) is 0 Å².